The minimum atomic E-state index is -4.05. The lowest BCUT2D eigenvalue weighted by molar-refractivity contribution is -0.185. The lowest BCUT2D eigenvalue weighted by atomic mass is 9.61. The van der Waals surface area contributed by atoms with Crippen molar-refractivity contribution >= 4 is 0 Å². The Labute approximate surface area is 209 Å². The van der Waals surface area contributed by atoms with E-state index in [-0.39, 0.29) is 24.2 Å². The second-order valence-electron chi connectivity index (χ2n) is 12.2. The van der Waals surface area contributed by atoms with Crippen molar-refractivity contribution in [2.75, 3.05) is 19.6 Å². The van der Waals surface area contributed by atoms with Crippen LogP contribution in [0.25, 0.3) is 0 Å². The molecule has 4 fully saturated rings. The number of nitrogens with zero attached hydrogens (tertiary/aromatic N) is 1. The lowest BCUT2D eigenvalue weighted by Gasteiger charge is -2.45. The van der Waals surface area contributed by atoms with Crippen LogP contribution >= 0.6 is 0 Å². The number of alkyl halides is 3. The van der Waals surface area contributed by atoms with E-state index in [0.717, 1.165) is 30.5 Å². The smallest absolute Gasteiger partial charge is 0.391 e. The van der Waals surface area contributed by atoms with E-state index in [9.17, 15) is 23.4 Å². The molecule has 3 saturated carbocycles. The van der Waals surface area contributed by atoms with Crippen LogP contribution in [-0.2, 0) is 0 Å². The molecule has 6 heteroatoms. The molecule has 3 nitrogen and oxygen atoms in total. The van der Waals surface area contributed by atoms with Crippen LogP contribution in [0.3, 0.4) is 0 Å². The Bertz CT molecular complexity index is 841. The fourth-order valence-electron chi connectivity index (χ4n) is 7.83. The molecule has 0 radical (unpaired) electrons. The van der Waals surface area contributed by atoms with Gasteiger partial charge < -0.3 is 15.1 Å². The van der Waals surface area contributed by atoms with E-state index in [2.05, 4.69) is 37.5 Å². The highest BCUT2D eigenvalue weighted by Gasteiger charge is 2.51. The van der Waals surface area contributed by atoms with Gasteiger partial charge in [-0.15, -0.1) is 0 Å². The Morgan fingerprint density at radius 3 is 2.49 bits per heavy atom. The standard InChI is InChI=1S/C29H44F3NO2/c1-18(17-33-14-11-23(12-15-33)29(30,31)32)24-9-10-25-21(6-5-13-28(24,25)4)7-8-22-16-26(34)20(3)27(35)19(22)2/h7-8,18,20,23-27,34-35H,2,5-6,9-17H2,1,3-4H3/b21-7+,22-8-/t18-,20+,24-,25+,26-,27-,28-/m1/s1. The third-order valence-electron chi connectivity index (χ3n) is 10.1. The first-order chi connectivity index (χ1) is 16.4. The second-order valence-corrected chi connectivity index (χ2v) is 12.2. The molecule has 0 aromatic rings. The molecule has 4 aliphatic rings. The van der Waals surface area contributed by atoms with Gasteiger partial charge in [0.25, 0.3) is 0 Å². The molecule has 35 heavy (non-hydrogen) atoms. The maximum absolute atomic E-state index is 13.1. The molecule has 1 aliphatic heterocycles. The first kappa shape index (κ1) is 26.9. The van der Waals surface area contributed by atoms with Crippen molar-refractivity contribution in [3.63, 3.8) is 0 Å². The Kier molecular flexibility index (Phi) is 7.95. The first-order valence-electron chi connectivity index (χ1n) is 13.7. The minimum absolute atomic E-state index is 0.193. The molecule has 0 amide bonds. The van der Waals surface area contributed by atoms with Gasteiger partial charge in [0.1, 0.15) is 0 Å². The normalized spacial score (nSPS) is 40.9. The summed E-state index contributed by atoms with van der Waals surface area (Å²) in [5.74, 6) is 0.255. The average molecular weight is 496 g/mol. The summed E-state index contributed by atoms with van der Waals surface area (Å²) in [4.78, 5) is 2.26. The van der Waals surface area contributed by atoms with Gasteiger partial charge in [0, 0.05) is 12.5 Å². The summed E-state index contributed by atoms with van der Waals surface area (Å²) < 4.78 is 39.2. The van der Waals surface area contributed by atoms with Crippen LogP contribution < -0.4 is 0 Å². The SMILES string of the molecule is C=C1/C(=C\C=C2/CCC[C@]3(C)[C@@H]([C@H](C)CN4CCC(C(F)(F)F)CC4)CC[C@@H]23)C[C@@H](O)[C@H](C)[C@@H]1O. The van der Waals surface area contributed by atoms with E-state index in [1.807, 2.05) is 6.92 Å². The fraction of sp³-hybridized carbons (Fsp3) is 0.793. The molecule has 1 saturated heterocycles. The predicted octanol–water partition coefficient (Wildman–Crippen LogP) is 6.28. The van der Waals surface area contributed by atoms with Crippen molar-refractivity contribution < 1.29 is 23.4 Å². The zero-order valence-electron chi connectivity index (χ0n) is 21.7. The van der Waals surface area contributed by atoms with Crippen LogP contribution in [0.5, 0.6) is 0 Å². The topological polar surface area (TPSA) is 43.7 Å². The molecule has 0 aromatic carbocycles. The molecular formula is C29H44F3NO2. The van der Waals surface area contributed by atoms with Crippen molar-refractivity contribution in [1.82, 2.24) is 4.90 Å². The van der Waals surface area contributed by atoms with Crippen molar-refractivity contribution in [3.8, 4) is 0 Å². The summed E-state index contributed by atoms with van der Waals surface area (Å²) in [7, 11) is 0. The number of aliphatic hydroxyl groups excluding tert-OH is 2. The summed E-state index contributed by atoms with van der Waals surface area (Å²) >= 11 is 0. The van der Waals surface area contributed by atoms with E-state index >= 15 is 0 Å². The number of piperidine rings is 1. The van der Waals surface area contributed by atoms with Crippen LogP contribution in [0.15, 0.2) is 35.5 Å². The highest BCUT2D eigenvalue weighted by atomic mass is 19.4. The summed E-state index contributed by atoms with van der Waals surface area (Å²) in [6.07, 6.45) is 5.83. The molecule has 0 bridgehead atoms. The molecule has 0 aromatic heterocycles. The van der Waals surface area contributed by atoms with Crippen molar-refractivity contribution in [2.45, 2.75) is 90.5 Å². The molecule has 7 atom stereocenters. The quantitative estimate of drug-likeness (QED) is 0.482. The van der Waals surface area contributed by atoms with Crippen LogP contribution in [0.1, 0.15) is 72.1 Å². The maximum Gasteiger partial charge on any atom is 0.391 e. The number of likely N-dealkylation sites (tertiary alicyclic amines) is 1. The summed E-state index contributed by atoms with van der Waals surface area (Å²) in [5, 5.41) is 20.7. The van der Waals surface area contributed by atoms with Crippen LogP contribution in [-0.4, -0.2) is 53.1 Å². The van der Waals surface area contributed by atoms with Crippen LogP contribution in [0.4, 0.5) is 13.2 Å². The number of fused-ring (bicyclic) bond motifs is 1. The molecule has 1 heterocycles. The zero-order valence-corrected chi connectivity index (χ0v) is 21.7. The lowest BCUT2D eigenvalue weighted by Crippen LogP contribution is -2.44. The molecular weight excluding hydrogens is 451 g/mol. The van der Waals surface area contributed by atoms with Crippen molar-refractivity contribution in [2.24, 2.45) is 35.0 Å². The van der Waals surface area contributed by atoms with Gasteiger partial charge in [-0.3, -0.25) is 0 Å². The number of hydrogen-bond acceptors (Lipinski definition) is 3. The van der Waals surface area contributed by atoms with Gasteiger partial charge >= 0.3 is 6.18 Å². The third-order valence-corrected chi connectivity index (χ3v) is 10.1. The zero-order chi connectivity index (χ0) is 25.5. The van der Waals surface area contributed by atoms with E-state index in [1.165, 1.54) is 24.8 Å². The third kappa shape index (κ3) is 5.45. The molecule has 4 rings (SSSR count). The number of allylic oxidation sites excluding steroid dienone is 3. The molecule has 198 valence electrons. The molecule has 0 unspecified atom stereocenters. The van der Waals surface area contributed by atoms with Crippen LogP contribution in [0, 0.1) is 35.0 Å². The molecule has 0 spiro atoms. The fourth-order valence-corrected chi connectivity index (χ4v) is 7.83. The maximum atomic E-state index is 13.1. The first-order valence-corrected chi connectivity index (χ1v) is 13.7. The molecule has 2 N–H and O–H groups in total. The highest BCUT2D eigenvalue weighted by Crippen LogP contribution is 2.59. The second kappa shape index (κ2) is 10.3. The van der Waals surface area contributed by atoms with E-state index in [0.29, 0.717) is 37.3 Å². The van der Waals surface area contributed by atoms with Crippen LogP contribution in [0.2, 0.25) is 0 Å². The summed E-state index contributed by atoms with van der Waals surface area (Å²) in [6, 6.07) is 0. The average Bonchev–Trinajstić information content (AvgIpc) is 3.16. The monoisotopic (exact) mass is 495 g/mol. The number of hydrogen-bond donors (Lipinski definition) is 2. The molecule has 3 aliphatic carbocycles. The number of aliphatic hydroxyl groups is 2. The van der Waals surface area contributed by atoms with Gasteiger partial charge in [-0.2, -0.15) is 13.2 Å². The summed E-state index contributed by atoms with van der Waals surface area (Å²) in [6.45, 7) is 12.7. The van der Waals surface area contributed by atoms with Gasteiger partial charge in [-0.25, -0.2) is 0 Å². The Morgan fingerprint density at radius 2 is 1.83 bits per heavy atom. The van der Waals surface area contributed by atoms with Gasteiger partial charge in [0.2, 0.25) is 0 Å². The highest BCUT2D eigenvalue weighted by molar-refractivity contribution is 5.39. The van der Waals surface area contributed by atoms with Gasteiger partial charge in [-0.05, 0) is 98.8 Å². The van der Waals surface area contributed by atoms with Gasteiger partial charge in [0.15, 0.2) is 0 Å². The van der Waals surface area contributed by atoms with E-state index in [4.69, 9.17) is 0 Å². The van der Waals surface area contributed by atoms with E-state index < -0.39 is 24.3 Å². The van der Waals surface area contributed by atoms with Gasteiger partial charge in [-0.1, -0.05) is 45.1 Å². The predicted molar refractivity (Wildman–Crippen MR) is 134 cm³/mol. The van der Waals surface area contributed by atoms with Gasteiger partial charge in [0.05, 0.1) is 18.1 Å². The Morgan fingerprint density at radius 1 is 1.14 bits per heavy atom. The Balaban J connectivity index is 1.41. The number of halogens is 3. The van der Waals surface area contributed by atoms with E-state index in [1.54, 1.807) is 0 Å². The Hall–Kier alpha value is -1.11. The minimum Gasteiger partial charge on any atom is -0.392 e. The van der Waals surface area contributed by atoms with Crippen molar-refractivity contribution in [1.29, 1.82) is 0 Å². The number of rotatable bonds is 4. The largest absolute Gasteiger partial charge is 0.392 e. The van der Waals surface area contributed by atoms with Crippen molar-refractivity contribution in [3.05, 3.63) is 35.5 Å². The summed E-state index contributed by atoms with van der Waals surface area (Å²) in [5.41, 5.74) is 3.38.